The van der Waals surface area contributed by atoms with Gasteiger partial charge in [-0.2, -0.15) is 0 Å². The average Bonchev–Trinajstić information content (AvgIpc) is 3.19. The SMILES string of the molecule is CCOC(=O)c1c(NC(=O)/C=C/c2cccs2)sc2c1CCN(C)C2. The van der Waals surface area contributed by atoms with E-state index < -0.39 is 0 Å². The van der Waals surface area contributed by atoms with Crippen LogP contribution in [0.25, 0.3) is 6.08 Å². The molecule has 1 aliphatic heterocycles. The first kappa shape index (κ1) is 17.8. The summed E-state index contributed by atoms with van der Waals surface area (Å²) < 4.78 is 5.21. The maximum Gasteiger partial charge on any atom is 0.341 e. The van der Waals surface area contributed by atoms with Crippen molar-refractivity contribution in [1.82, 2.24) is 4.90 Å². The Morgan fingerprint density at radius 3 is 3.00 bits per heavy atom. The van der Waals surface area contributed by atoms with E-state index in [1.54, 1.807) is 24.3 Å². The molecule has 0 atom stereocenters. The lowest BCUT2D eigenvalue weighted by molar-refractivity contribution is -0.111. The van der Waals surface area contributed by atoms with Crippen molar-refractivity contribution in [3.63, 3.8) is 0 Å². The van der Waals surface area contributed by atoms with Gasteiger partial charge in [-0.05, 0) is 43.5 Å². The Hall–Kier alpha value is -1.96. The third-order valence-corrected chi connectivity index (χ3v) is 5.88. The monoisotopic (exact) mass is 376 g/mol. The Morgan fingerprint density at radius 1 is 1.44 bits per heavy atom. The number of carbonyl (C=O) groups excluding carboxylic acids is 2. The van der Waals surface area contributed by atoms with Gasteiger partial charge in [0.1, 0.15) is 5.00 Å². The lowest BCUT2D eigenvalue weighted by atomic mass is 10.0. The van der Waals surface area contributed by atoms with Crippen LogP contribution in [-0.2, 0) is 22.5 Å². The average molecular weight is 377 g/mol. The summed E-state index contributed by atoms with van der Waals surface area (Å²) in [6, 6.07) is 3.88. The number of ether oxygens (including phenoxy) is 1. The minimum Gasteiger partial charge on any atom is -0.462 e. The zero-order valence-corrected chi connectivity index (χ0v) is 15.8. The molecule has 5 nitrogen and oxygen atoms in total. The highest BCUT2D eigenvalue weighted by molar-refractivity contribution is 7.17. The van der Waals surface area contributed by atoms with Gasteiger partial charge in [0.25, 0.3) is 0 Å². The Kier molecular flexibility index (Phi) is 5.67. The summed E-state index contributed by atoms with van der Waals surface area (Å²) in [5, 5.41) is 5.40. The molecule has 0 saturated heterocycles. The number of nitrogens with zero attached hydrogens (tertiary/aromatic N) is 1. The standard InChI is InChI=1S/C18H20N2O3S2/c1-3-23-18(22)16-13-8-9-20(2)11-14(13)25-17(16)19-15(21)7-6-12-5-4-10-24-12/h4-7,10H,3,8-9,11H2,1-2H3,(H,19,21)/b7-6+. The first-order chi connectivity index (χ1) is 12.1. The molecule has 0 radical (unpaired) electrons. The molecule has 2 aromatic heterocycles. The lowest BCUT2D eigenvalue weighted by Crippen LogP contribution is -2.26. The molecule has 0 bridgehead atoms. The molecular weight excluding hydrogens is 356 g/mol. The number of esters is 1. The lowest BCUT2D eigenvalue weighted by Gasteiger charge is -2.22. The van der Waals surface area contributed by atoms with Crippen LogP contribution in [0.5, 0.6) is 0 Å². The maximum absolute atomic E-state index is 12.4. The van der Waals surface area contributed by atoms with E-state index in [-0.39, 0.29) is 11.9 Å². The van der Waals surface area contributed by atoms with Gasteiger partial charge in [0.15, 0.2) is 0 Å². The number of fused-ring (bicyclic) bond motifs is 1. The van der Waals surface area contributed by atoms with Crippen LogP contribution in [-0.4, -0.2) is 37.0 Å². The van der Waals surface area contributed by atoms with Gasteiger partial charge in [0.05, 0.1) is 12.2 Å². The summed E-state index contributed by atoms with van der Waals surface area (Å²) >= 11 is 3.03. The van der Waals surface area contributed by atoms with Crippen LogP contribution < -0.4 is 5.32 Å². The fraction of sp³-hybridized carbons (Fsp3) is 0.333. The van der Waals surface area contributed by atoms with Crippen LogP contribution in [0.4, 0.5) is 5.00 Å². The van der Waals surface area contributed by atoms with Crippen LogP contribution in [0.3, 0.4) is 0 Å². The predicted molar refractivity (Wildman–Crippen MR) is 102 cm³/mol. The molecule has 0 aliphatic carbocycles. The molecule has 2 aromatic rings. The fourth-order valence-electron chi connectivity index (χ4n) is 2.74. The number of hydrogen-bond acceptors (Lipinski definition) is 6. The number of hydrogen-bond donors (Lipinski definition) is 1. The largest absolute Gasteiger partial charge is 0.462 e. The Bertz CT molecular complexity index is 794. The van der Waals surface area contributed by atoms with Crippen molar-refractivity contribution in [3.8, 4) is 0 Å². The first-order valence-corrected chi connectivity index (χ1v) is 9.81. The quantitative estimate of drug-likeness (QED) is 0.640. The van der Waals surface area contributed by atoms with Crippen LogP contribution in [0, 0.1) is 0 Å². The second kappa shape index (κ2) is 7.95. The zero-order chi connectivity index (χ0) is 17.8. The number of nitrogens with one attached hydrogen (secondary N) is 1. The molecule has 0 aromatic carbocycles. The van der Waals surface area contributed by atoms with E-state index in [1.807, 2.05) is 17.5 Å². The third-order valence-electron chi connectivity index (χ3n) is 3.91. The Labute approximate surface area is 154 Å². The molecule has 0 spiro atoms. The number of amides is 1. The molecule has 3 rings (SSSR count). The van der Waals surface area contributed by atoms with Crippen molar-refractivity contribution >= 4 is 45.6 Å². The van der Waals surface area contributed by atoms with E-state index in [2.05, 4.69) is 17.3 Å². The molecule has 1 amide bonds. The van der Waals surface area contributed by atoms with Crippen LogP contribution in [0.1, 0.15) is 32.6 Å². The maximum atomic E-state index is 12.4. The molecule has 1 aliphatic rings. The number of thiophene rings is 2. The molecule has 0 fully saturated rings. The summed E-state index contributed by atoms with van der Waals surface area (Å²) in [4.78, 5) is 29.0. The van der Waals surface area contributed by atoms with Gasteiger partial charge in [-0.3, -0.25) is 4.79 Å². The van der Waals surface area contributed by atoms with Gasteiger partial charge in [-0.15, -0.1) is 22.7 Å². The fourth-order valence-corrected chi connectivity index (χ4v) is 4.67. The van der Waals surface area contributed by atoms with Gasteiger partial charge in [0, 0.05) is 28.9 Å². The highest BCUT2D eigenvalue weighted by atomic mass is 32.1. The van der Waals surface area contributed by atoms with E-state index in [0.29, 0.717) is 17.2 Å². The number of carbonyl (C=O) groups is 2. The third kappa shape index (κ3) is 4.18. The van der Waals surface area contributed by atoms with E-state index in [1.165, 1.54) is 17.4 Å². The highest BCUT2D eigenvalue weighted by Gasteiger charge is 2.28. The van der Waals surface area contributed by atoms with E-state index >= 15 is 0 Å². The van der Waals surface area contributed by atoms with Crippen LogP contribution in [0.15, 0.2) is 23.6 Å². The van der Waals surface area contributed by atoms with Crippen LogP contribution in [0.2, 0.25) is 0 Å². The number of anilines is 1. The minimum atomic E-state index is -0.359. The van der Waals surface area contributed by atoms with Gasteiger partial charge in [-0.1, -0.05) is 6.07 Å². The van der Waals surface area contributed by atoms with Gasteiger partial charge in [0.2, 0.25) is 5.91 Å². The smallest absolute Gasteiger partial charge is 0.341 e. The van der Waals surface area contributed by atoms with Crippen molar-refractivity contribution < 1.29 is 14.3 Å². The van der Waals surface area contributed by atoms with Crippen molar-refractivity contribution in [2.75, 3.05) is 25.5 Å². The molecule has 1 N–H and O–H groups in total. The summed E-state index contributed by atoms with van der Waals surface area (Å²) in [5.41, 5.74) is 1.53. The molecule has 3 heterocycles. The zero-order valence-electron chi connectivity index (χ0n) is 14.2. The van der Waals surface area contributed by atoms with Gasteiger partial charge >= 0.3 is 5.97 Å². The molecule has 0 saturated carbocycles. The summed E-state index contributed by atoms with van der Waals surface area (Å²) in [6.07, 6.45) is 4.05. The molecule has 0 unspecified atom stereocenters. The van der Waals surface area contributed by atoms with Gasteiger partial charge < -0.3 is 15.0 Å². The number of likely N-dealkylation sites (N-methyl/N-ethyl adjacent to an activating group) is 1. The number of rotatable bonds is 5. The predicted octanol–water partition coefficient (Wildman–Crippen LogP) is 3.63. The summed E-state index contributed by atoms with van der Waals surface area (Å²) in [7, 11) is 2.05. The topological polar surface area (TPSA) is 58.6 Å². The normalized spacial score (nSPS) is 14.5. The molecule has 132 valence electrons. The van der Waals surface area contributed by atoms with Crippen LogP contribution >= 0.6 is 22.7 Å². The van der Waals surface area contributed by atoms with Crippen molar-refractivity contribution in [3.05, 3.63) is 44.5 Å². The second-order valence-electron chi connectivity index (χ2n) is 5.75. The van der Waals surface area contributed by atoms with Crippen molar-refractivity contribution in [1.29, 1.82) is 0 Å². The second-order valence-corrected chi connectivity index (χ2v) is 7.84. The van der Waals surface area contributed by atoms with E-state index in [9.17, 15) is 9.59 Å². The van der Waals surface area contributed by atoms with Gasteiger partial charge in [-0.25, -0.2) is 4.79 Å². The van der Waals surface area contributed by atoms with Crippen molar-refractivity contribution in [2.45, 2.75) is 19.9 Å². The molecular formula is C18H20N2O3S2. The van der Waals surface area contributed by atoms with E-state index in [4.69, 9.17) is 4.74 Å². The summed E-state index contributed by atoms with van der Waals surface area (Å²) in [5.74, 6) is -0.604. The summed E-state index contributed by atoms with van der Waals surface area (Å²) in [6.45, 7) is 3.77. The van der Waals surface area contributed by atoms with Crippen molar-refractivity contribution in [2.24, 2.45) is 0 Å². The first-order valence-electron chi connectivity index (χ1n) is 8.11. The Morgan fingerprint density at radius 2 is 2.28 bits per heavy atom. The van der Waals surface area contributed by atoms with E-state index in [0.717, 1.165) is 34.8 Å². The molecule has 25 heavy (non-hydrogen) atoms. The molecule has 7 heteroatoms. The highest BCUT2D eigenvalue weighted by Crippen LogP contribution is 2.37. The Balaban J connectivity index is 1.84. The minimum absolute atomic E-state index is 0.245.